The van der Waals surface area contributed by atoms with Crippen LogP contribution in [0.2, 0.25) is 0 Å². The summed E-state index contributed by atoms with van der Waals surface area (Å²) in [5, 5.41) is 3.20. The minimum atomic E-state index is -0.345. The minimum Gasteiger partial charge on any atom is -0.491 e. The van der Waals surface area contributed by atoms with Gasteiger partial charge in [-0.15, -0.1) is 0 Å². The maximum Gasteiger partial charge on any atom is 0.227 e. The van der Waals surface area contributed by atoms with Crippen LogP contribution in [-0.4, -0.2) is 36.5 Å². The fourth-order valence-electron chi connectivity index (χ4n) is 4.15. The molecule has 1 amide bonds. The van der Waals surface area contributed by atoms with E-state index in [1.807, 2.05) is 25.1 Å². The fourth-order valence-corrected chi connectivity index (χ4v) is 4.15. The minimum absolute atomic E-state index is 0.0567. The lowest BCUT2D eigenvalue weighted by Gasteiger charge is -2.39. The van der Waals surface area contributed by atoms with E-state index >= 15 is 0 Å². The molecule has 5 heteroatoms. The Bertz CT molecular complexity index is 802. The summed E-state index contributed by atoms with van der Waals surface area (Å²) >= 11 is 0. The van der Waals surface area contributed by atoms with Crippen LogP contribution in [0.25, 0.3) is 0 Å². The Labute approximate surface area is 159 Å². The molecule has 0 radical (unpaired) electrons. The monoisotopic (exact) mass is 368 g/mol. The van der Waals surface area contributed by atoms with E-state index in [0.717, 1.165) is 30.0 Å². The summed E-state index contributed by atoms with van der Waals surface area (Å²) in [5.41, 5.74) is 1.95. The predicted molar refractivity (Wildman–Crippen MR) is 102 cm³/mol. The highest BCUT2D eigenvalue weighted by atomic mass is 19.1. The van der Waals surface area contributed by atoms with Crippen LogP contribution in [0.4, 0.5) is 4.39 Å². The number of hydrogen-bond acceptors (Lipinski definition) is 3. The van der Waals surface area contributed by atoms with Crippen LogP contribution < -0.4 is 10.1 Å². The number of nitrogens with zero attached hydrogens (tertiary/aromatic N) is 1. The van der Waals surface area contributed by atoms with Crippen molar-refractivity contribution in [3.8, 4) is 5.75 Å². The van der Waals surface area contributed by atoms with Gasteiger partial charge in [-0.3, -0.25) is 9.69 Å². The third kappa shape index (κ3) is 3.69. The SMILES string of the molecule is C[C@H](C(=O)N[C@@H]1COc2ccccc2[C@H]1N1CCCC1)c1ccc(F)cc1. The topological polar surface area (TPSA) is 41.6 Å². The molecule has 3 atom stereocenters. The third-order valence-electron chi connectivity index (χ3n) is 5.66. The van der Waals surface area contributed by atoms with Crippen LogP contribution in [0.3, 0.4) is 0 Å². The number of carbonyl (C=O) groups is 1. The van der Waals surface area contributed by atoms with Crippen molar-refractivity contribution in [2.24, 2.45) is 0 Å². The van der Waals surface area contributed by atoms with Gasteiger partial charge in [0.05, 0.1) is 18.0 Å². The molecular formula is C22H25FN2O2. The molecule has 27 heavy (non-hydrogen) atoms. The molecule has 1 N–H and O–H groups in total. The molecule has 2 aliphatic rings. The second-order valence-corrected chi connectivity index (χ2v) is 7.43. The Morgan fingerprint density at radius 1 is 1.15 bits per heavy atom. The van der Waals surface area contributed by atoms with E-state index in [4.69, 9.17) is 4.74 Å². The highest BCUT2D eigenvalue weighted by Gasteiger charge is 2.37. The number of carbonyl (C=O) groups excluding carboxylic acids is 1. The van der Waals surface area contributed by atoms with Gasteiger partial charge >= 0.3 is 0 Å². The standard InChI is InChI=1S/C22H25FN2O2/c1-15(16-8-10-17(23)11-9-16)22(26)24-19-14-27-20-7-3-2-6-18(20)21(19)25-12-4-5-13-25/h2-3,6-11,15,19,21H,4-5,12-14H2,1H3,(H,24,26)/t15-,19+,21+/m0/s1. The molecule has 0 unspecified atom stereocenters. The van der Waals surface area contributed by atoms with Crippen molar-refractivity contribution in [3.05, 3.63) is 65.5 Å². The summed E-state index contributed by atoms with van der Waals surface area (Å²) < 4.78 is 19.1. The van der Waals surface area contributed by atoms with Gasteiger partial charge in [-0.05, 0) is 56.6 Å². The Morgan fingerprint density at radius 2 is 1.85 bits per heavy atom. The van der Waals surface area contributed by atoms with Crippen molar-refractivity contribution in [3.63, 3.8) is 0 Å². The molecule has 1 saturated heterocycles. The number of likely N-dealkylation sites (tertiary alicyclic amines) is 1. The van der Waals surface area contributed by atoms with Gasteiger partial charge in [0.25, 0.3) is 0 Å². The van der Waals surface area contributed by atoms with Gasteiger partial charge in [-0.25, -0.2) is 4.39 Å². The van der Waals surface area contributed by atoms with Crippen LogP contribution in [0.5, 0.6) is 5.75 Å². The average Bonchev–Trinajstić information content (AvgIpc) is 3.22. The zero-order valence-electron chi connectivity index (χ0n) is 15.5. The van der Waals surface area contributed by atoms with Gasteiger partial charge in [0.1, 0.15) is 18.2 Å². The number of fused-ring (bicyclic) bond motifs is 1. The van der Waals surface area contributed by atoms with E-state index in [2.05, 4.69) is 16.3 Å². The van der Waals surface area contributed by atoms with E-state index < -0.39 is 0 Å². The largest absolute Gasteiger partial charge is 0.491 e. The summed E-state index contributed by atoms with van der Waals surface area (Å²) in [6.07, 6.45) is 2.37. The molecule has 142 valence electrons. The highest BCUT2D eigenvalue weighted by molar-refractivity contribution is 5.83. The summed E-state index contributed by atoms with van der Waals surface area (Å²) in [4.78, 5) is 15.3. The first-order chi connectivity index (χ1) is 13.1. The molecule has 2 aromatic carbocycles. The second-order valence-electron chi connectivity index (χ2n) is 7.43. The van der Waals surface area contributed by atoms with Crippen molar-refractivity contribution in [1.82, 2.24) is 10.2 Å². The summed E-state index contributed by atoms with van der Waals surface area (Å²) in [7, 11) is 0. The number of para-hydroxylation sites is 1. The normalized spacial score (nSPS) is 23.3. The van der Waals surface area contributed by atoms with E-state index in [9.17, 15) is 9.18 Å². The van der Waals surface area contributed by atoms with Crippen LogP contribution in [0.1, 0.15) is 42.9 Å². The summed E-state index contributed by atoms with van der Waals surface area (Å²) in [6, 6.07) is 14.3. The molecule has 0 bridgehead atoms. The van der Waals surface area contributed by atoms with Gasteiger partial charge in [-0.1, -0.05) is 30.3 Å². The lowest BCUT2D eigenvalue weighted by atomic mass is 9.93. The first kappa shape index (κ1) is 18.0. The molecule has 2 aliphatic heterocycles. The van der Waals surface area contributed by atoms with Crippen molar-refractivity contribution in [2.75, 3.05) is 19.7 Å². The summed E-state index contributed by atoms with van der Waals surface area (Å²) in [6.45, 7) is 4.39. The Hall–Kier alpha value is -2.40. The fraction of sp³-hybridized carbons (Fsp3) is 0.409. The first-order valence-electron chi connectivity index (χ1n) is 9.65. The number of rotatable bonds is 4. The highest BCUT2D eigenvalue weighted by Crippen LogP contribution is 2.37. The lowest BCUT2D eigenvalue weighted by Crippen LogP contribution is -2.51. The van der Waals surface area contributed by atoms with E-state index in [-0.39, 0.29) is 29.7 Å². The molecule has 2 aromatic rings. The number of halogens is 1. The third-order valence-corrected chi connectivity index (χ3v) is 5.66. The number of amides is 1. The van der Waals surface area contributed by atoms with E-state index in [0.29, 0.717) is 6.61 Å². The average molecular weight is 368 g/mol. The maximum absolute atomic E-state index is 13.2. The van der Waals surface area contributed by atoms with E-state index in [1.54, 1.807) is 12.1 Å². The second kappa shape index (κ2) is 7.69. The molecule has 0 spiro atoms. The number of hydrogen-bond donors (Lipinski definition) is 1. The van der Waals surface area contributed by atoms with E-state index in [1.165, 1.54) is 25.0 Å². The summed E-state index contributed by atoms with van der Waals surface area (Å²) in [5.74, 6) is 0.213. The Morgan fingerprint density at radius 3 is 2.59 bits per heavy atom. The molecular weight excluding hydrogens is 343 g/mol. The molecule has 4 nitrogen and oxygen atoms in total. The van der Waals surface area contributed by atoms with Crippen LogP contribution in [0.15, 0.2) is 48.5 Å². The predicted octanol–water partition coefficient (Wildman–Crippen LogP) is 3.64. The number of nitrogens with one attached hydrogen (secondary N) is 1. The van der Waals surface area contributed by atoms with Crippen molar-refractivity contribution in [2.45, 2.75) is 37.8 Å². The lowest BCUT2D eigenvalue weighted by molar-refractivity contribution is -0.123. The van der Waals surface area contributed by atoms with Crippen LogP contribution >= 0.6 is 0 Å². The molecule has 0 aromatic heterocycles. The number of ether oxygens (including phenoxy) is 1. The van der Waals surface area contributed by atoms with Gasteiger partial charge in [-0.2, -0.15) is 0 Å². The maximum atomic E-state index is 13.2. The van der Waals surface area contributed by atoms with Gasteiger partial charge in [0.2, 0.25) is 5.91 Å². The zero-order valence-corrected chi connectivity index (χ0v) is 15.5. The van der Waals surface area contributed by atoms with Crippen molar-refractivity contribution < 1.29 is 13.9 Å². The Balaban J connectivity index is 1.54. The number of benzene rings is 2. The van der Waals surface area contributed by atoms with Crippen LogP contribution in [-0.2, 0) is 4.79 Å². The van der Waals surface area contributed by atoms with Crippen molar-refractivity contribution >= 4 is 5.91 Å². The molecule has 2 heterocycles. The molecule has 4 rings (SSSR count). The Kier molecular flexibility index (Phi) is 5.12. The van der Waals surface area contributed by atoms with Crippen molar-refractivity contribution in [1.29, 1.82) is 0 Å². The van der Waals surface area contributed by atoms with Gasteiger partial charge in [0.15, 0.2) is 0 Å². The molecule has 0 aliphatic carbocycles. The molecule has 1 fully saturated rings. The zero-order chi connectivity index (χ0) is 18.8. The smallest absolute Gasteiger partial charge is 0.227 e. The quantitative estimate of drug-likeness (QED) is 0.896. The van der Waals surface area contributed by atoms with Gasteiger partial charge < -0.3 is 10.1 Å². The molecule has 0 saturated carbocycles. The van der Waals surface area contributed by atoms with Gasteiger partial charge in [0, 0.05) is 5.56 Å². The first-order valence-corrected chi connectivity index (χ1v) is 9.65. The van der Waals surface area contributed by atoms with Crippen LogP contribution in [0, 0.1) is 5.82 Å².